The molecule has 2 N–H and O–H groups in total. The van der Waals surface area contributed by atoms with E-state index in [4.69, 9.17) is 11.6 Å². The molecule has 0 aliphatic heterocycles. The van der Waals surface area contributed by atoms with Crippen LogP contribution in [0.4, 0.5) is 37.1 Å². The maximum Gasteiger partial charge on any atom is 0.422 e. The van der Waals surface area contributed by atoms with Gasteiger partial charge in [0.2, 0.25) is 5.95 Å². The van der Waals surface area contributed by atoms with Gasteiger partial charge in [0.1, 0.15) is 4.90 Å². The minimum Gasteiger partial charge on any atom is -0.454 e. The SMILES string of the molecule is O=C(Nc1nc(OCC(F)(F)F)nc(OCC(F)(F)F)n1)NS(=O)(=O)c1ccccc1Cl. The van der Waals surface area contributed by atoms with Crippen LogP contribution in [0.3, 0.4) is 0 Å². The number of aromatic nitrogens is 3. The van der Waals surface area contributed by atoms with Gasteiger partial charge in [-0.15, -0.1) is 4.98 Å². The second-order valence-electron chi connectivity index (χ2n) is 5.52. The number of carbonyl (C=O) groups excluding carboxylic acids is 1. The standard InChI is InChI=1S/C14H10ClF6N5O5S/c15-7-3-1-2-4-8(7)32(28,29)26-10(27)22-9-23-11(30-5-13(16,17)18)25-12(24-9)31-6-14(19,20)21/h1-4H,5-6H2,(H2,22,23,24,25,26,27). The molecule has 1 aromatic heterocycles. The van der Waals surface area contributed by atoms with Gasteiger partial charge in [-0.2, -0.15) is 36.3 Å². The zero-order valence-electron chi connectivity index (χ0n) is 15.2. The second kappa shape index (κ2) is 9.60. The van der Waals surface area contributed by atoms with Gasteiger partial charge in [0.05, 0.1) is 5.02 Å². The first kappa shape index (κ1) is 25.2. The number of amides is 2. The number of urea groups is 1. The minimum absolute atomic E-state index is 0.237. The van der Waals surface area contributed by atoms with Gasteiger partial charge in [-0.05, 0) is 12.1 Å². The zero-order valence-corrected chi connectivity index (χ0v) is 16.7. The van der Waals surface area contributed by atoms with Crippen LogP contribution in [-0.4, -0.2) is 55.0 Å². The van der Waals surface area contributed by atoms with Crippen molar-refractivity contribution in [2.75, 3.05) is 18.5 Å². The topological polar surface area (TPSA) is 132 Å². The van der Waals surface area contributed by atoms with E-state index < -0.39 is 64.5 Å². The summed E-state index contributed by atoms with van der Waals surface area (Å²) in [5.74, 6) is -0.971. The zero-order chi connectivity index (χ0) is 24.2. The number of ether oxygens (including phenoxy) is 2. The van der Waals surface area contributed by atoms with Crippen molar-refractivity contribution in [2.45, 2.75) is 17.2 Å². The van der Waals surface area contributed by atoms with E-state index >= 15 is 0 Å². The van der Waals surface area contributed by atoms with Crippen LogP contribution in [0.25, 0.3) is 0 Å². The molecule has 176 valence electrons. The lowest BCUT2D eigenvalue weighted by Crippen LogP contribution is -2.35. The van der Waals surface area contributed by atoms with E-state index in [1.54, 1.807) is 5.32 Å². The fraction of sp³-hybridized carbons (Fsp3) is 0.286. The van der Waals surface area contributed by atoms with Gasteiger partial charge in [0, 0.05) is 0 Å². The second-order valence-corrected chi connectivity index (χ2v) is 7.58. The molecule has 1 aromatic carbocycles. The van der Waals surface area contributed by atoms with Crippen molar-refractivity contribution in [1.82, 2.24) is 19.7 Å². The average Bonchev–Trinajstić information content (AvgIpc) is 2.63. The Kier molecular flexibility index (Phi) is 7.55. The number of hydrogen-bond acceptors (Lipinski definition) is 8. The fourth-order valence-electron chi connectivity index (χ4n) is 1.78. The number of hydrogen-bond donors (Lipinski definition) is 2. The van der Waals surface area contributed by atoms with Crippen molar-refractivity contribution >= 4 is 33.6 Å². The highest BCUT2D eigenvalue weighted by Gasteiger charge is 2.31. The molecule has 0 aliphatic carbocycles. The Bertz CT molecular complexity index is 1050. The van der Waals surface area contributed by atoms with Crippen molar-refractivity contribution in [3.05, 3.63) is 29.3 Å². The van der Waals surface area contributed by atoms with Crippen LogP contribution in [0.5, 0.6) is 12.0 Å². The first-order chi connectivity index (χ1) is 14.6. The first-order valence-corrected chi connectivity index (χ1v) is 9.74. The Morgan fingerprint density at radius 2 is 1.44 bits per heavy atom. The third kappa shape index (κ3) is 8.22. The van der Waals surface area contributed by atoms with Crippen molar-refractivity contribution in [1.29, 1.82) is 0 Å². The van der Waals surface area contributed by atoms with E-state index in [-0.39, 0.29) is 5.02 Å². The lowest BCUT2D eigenvalue weighted by Gasteiger charge is -2.12. The van der Waals surface area contributed by atoms with Gasteiger partial charge >= 0.3 is 30.4 Å². The van der Waals surface area contributed by atoms with Crippen LogP contribution in [0.2, 0.25) is 5.02 Å². The highest BCUT2D eigenvalue weighted by atomic mass is 35.5. The predicted molar refractivity (Wildman–Crippen MR) is 93.7 cm³/mol. The normalized spacial score (nSPS) is 12.2. The highest BCUT2D eigenvalue weighted by Crippen LogP contribution is 2.22. The monoisotopic (exact) mass is 509 g/mol. The largest absolute Gasteiger partial charge is 0.454 e. The number of alkyl halides is 6. The van der Waals surface area contributed by atoms with Crippen molar-refractivity contribution in [3.63, 3.8) is 0 Å². The third-order valence-electron chi connectivity index (χ3n) is 2.90. The lowest BCUT2D eigenvalue weighted by atomic mass is 10.4. The molecule has 0 saturated heterocycles. The predicted octanol–water partition coefficient (Wildman–Crippen LogP) is 2.92. The number of carbonyl (C=O) groups is 1. The van der Waals surface area contributed by atoms with E-state index in [0.29, 0.717) is 0 Å². The molecule has 0 fully saturated rings. The molecule has 0 saturated carbocycles. The molecule has 2 rings (SSSR count). The molecule has 2 amide bonds. The Labute approximate surface area is 180 Å². The quantitative estimate of drug-likeness (QED) is 0.545. The average molecular weight is 510 g/mol. The number of nitrogens with zero attached hydrogens (tertiary/aromatic N) is 3. The molecule has 1 heterocycles. The molecule has 0 aliphatic rings. The smallest absolute Gasteiger partial charge is 0.422 e. The van der Waals surface area contributed by atoms with Crippen molar-refractivity contribution in [3.8, 4) is 12.0 Å². The number of nitrogens with one attached hydrogen (secondary N) is 2. The van der Waals surface area contributed by atoms with E-state index in [9.17, 15) is 39.6 Å². The number of anilines is 1. The molecule has 0 radical (unpaired) electrons. The summed E-state index contributed by atoms with van der Waals surface area (Å²) in [5.41, 5.74) is 0. The molecule has 18 heteroatoms. The summed E-state index contributed by atoms with van der Waals surface area (Å²) in [6.07, 6.45) is -9.71. The molecule has 0 bridgehead atoms. The van der Waals surface area contributed by atoms with Crippen LogP contribution >= 0.6 is 11.6 Å². The maximum absolute atomic E-state index is 12.3. The Balaban J connectivity index is 2.22. The molecule has 0 unspecified atom stereocenters. The van der Waals surface area contributed by atoms with Gasteiger partial charge in [-0.1, -0.05) is 23.7 Å². The Morgan fingerprint density at radius 3 is 1.91 bits per heavy atom. The summed E-state index contributed by atoms with van der Waals surface area (Å²) in [6.45, 7) is -3.86. The van der Waals surface area contributed by atoms with E-state index in [1.165, 1.54) is 22.9 Å². The maximum atomic E-state index is 12.3. The van der Waals surface area contributed by atoms with Crippen LogP contribution in [-0.2, 0) is 10.0 Å². The molecular formula is C14H10ClF6N5O5S. The highest BCUT2D eigenvalue weighted by molar-refractivity contribution is 7.90. The number of benzene rings is 1. The third-order valence-corrected chi connectivity index (χ3v) is 4.73. The minimum atomic E-state index is -4.85. The number of rotatable bonds is 7. The van der Waals surface area contributed by atoms with E-state index in [1.807, 2.05) is 0 Å². The van der Waals surface area contributed by atoms with Crippen molar-refractivity contribution < 1.29 is 49.0 Å². The van der Waals surface area contributed by atoms with Crippen LogP contribution in [0.15, 0.2) is 29.2 Å². The summed E-state index contributed by atoms with van der Waals surface area (Å²) in [7, 11) is -4.51. The fourth-order valence-corrected chi connectivity index (χ4v) is 3.21. The Morgan fingerprint density at radius 1 is 0.938 bits per heavy atom. The summed E-state index contributed by atoms with van der Waals surface area (Å²) < 4.78 is 108. The van der Waals surface area contributed by atoms with Gasteiger partial charge in [0.25, 0.3) is 10.0 Å². The molecule has 32 heavy (non-hydrogen) atoms. The van der Waals surface area contributed by atoms with Gasteiger partial charge in [-0.3, -0.25) is 5.32 Å². The van der Waals surface area contributed by atoms with Crippen LogP contribution in [0.1, 0.15) is 0 Å². The molecular weight excluding hydrogens is 500 g/mol. The molecule has 10 nitrogen and oxygen atoms in total. The Hall–Kier alpha value is -3.08. The summed E-state index contributed by atoms with van der Waals surface area (Å²) in [6, 6.07) is 1.16. The number of halogens is 7. The van der Waals surface area contributed by atoms with Gasteiger partial charge < -0.3 is 9.47 Å². The number of sulfonamides is 1. The first-order valence-electron chi connectivity index (χ1n) is 7.88. The summed E-state index contributed by atoms with van der Waals surface area (Å²) in [4.78, 5) is 21.1. The van der Waals surface area contributed by atoms with E-state index in [2.05, 4.69) is 24.4 Å². The lowest BCUT2D eigenvalue weighted by molar-refractivity contribution is -0.156. The van der Waals surface area contributed by atoms with E-state index in [0.717, 1.165) is 6.07 Å². The molecule has 2 aromatic rings. The molecule has 0 spiro atoms. The summed E-state index contributed by atoms with van der Waals surface area (Å²) in [5, 5.41) is 1.47. The molecule has 0 atom stereocenters. The van der Waals surface area contributed by atoms with Crippen molar-refractivity contribution in [2.24, 2.45) is 0 Å². The van der Waals surface area contributed by atoms with Crippen LogP contribution in [0, 0.1) is 0 Å². The van der Waals surface area contributed by atoms with Gasteiger partial charge in [0.15, 0.2) is 13.2 Å². The summed E-state index contributed by atoms with van der Waals surface area (Å²) >= 11 is 5.74. The van der Waals surface area contributed by atoms with Gasteiger partial charge in [-0.25, -0.2) is 17.9 Å². The van der Waals surface area contributed by atoms with Crippen LogP contribution < -0.4 is 19.5 Å².